The fourth-order valence-electron chi connectivity index (χ4n) is 3.42. The molecule has 0 aliphatic carbocycles. The number of amides is 2. The average molecular weight is 402 g/mol. The first kappa shape index (κ1) is 18.8. The van der Waals surface area contributed by atoms with Gasteiger partial charge < -0.3 is 19.2 Å². The Balaban J connectivity index is 1.19. The number of fused-ring (bicyclic) bond motifs is 1. The van der Waals surface area contributed by atoms with E-state index in [-0.39, 0.29) is 6.03 Å². The second-order valence-electron chi connectivity index (χ2n) is 6.99. The van der Waals surface area contributed by atoms with Gasteiger partial charge in [0.15, 0.2) is 0 Å². The van der Waals surface area contributed by atoms with E-state index in [0.29, 0.717) is 11.6 Å². The molecular weight excluding hydrogens is 378 g/mol. The number of halogens is 1. The Morgan fingerprint density at radius 1 is 1.18 bits per heavy atom. The largest absolute Gasteiger partial charge is 0.338 e. The predicted molar refractivity (Wildman–Crippen MR) is 107 cm³/mol. The number of carbonyl (C=O) groups excluding carboxylic acids is 1. The van der Waals surface area contributed by atoms with E-state index in [1.165, 1.54) is 0 Å². The van der Waals surface area contributed by atoms with Crippen LogP contribution in [0.25, 0.3) is 5.65 Å². The summed E-state index contributed by atoms with van der Waals surface area (Å²) in [6.45, 7) is 5.45. The fraction of sp³-hybridized carbons (Fsp3) is 0.421. The molecule has 148 valence electrons. The van der Waals surface area contributed by atoms with Gasteiger partial charge in [0.1, 0.15) is 5.65 Å². The van der Waals surface area contributed by atoms with Crippen LogP contribution >= 0.6 is 11.6 Å². The number of nitrogens with one attached hydrogen (secondary N) is 1. The normalized spacial score (nSPS) is 15.2. The van der Waals surface area contributed by atoms with Gasteiger partial charge in [-0.05, 0) is 18.6 Å². The van der Waals surface area contributed by atoms with Crippen molar-refractivity contribution in [3.8, 4) is 0 Å². The smallest absolute Gasteiger partial charge is 0.317 e. The van der Waals surface area contributed by atoms with Crippen LogP contribution in [0.15, 0.2) is 43.2 Å². The molecule has 0 spiro atoms. The third kappa shape index (κ3) is 4.63. The molecule has 0 radical (unpaired) electrons. The molecule has 1 aliphatic heterocycles. The number of pyridine rings is 1. The molecular formula is C19H24ClN7O. The van der Waals surface area contributed by atoms with Crippen LogP contribution in [0, 0.1) is 0 Å². The highest BCUT2D eigenvalue weighted by atomic mass is 35.5. The van der Waals surface area contributed by atoms with E-state index in [9.17, 15) is 4.79 Å². The minimum atomic E-state index is 0.0210. The standard InChI is InChI=1S/C19H24ClN7O/c20-16-2-3-18-23-17(14-27(18)12-16)13-24-8-10-26(11-9-24)19(28)22-4-1-6-25-7-5-21-15-25/h2-3,5,7,12,14-15H,1,4,6,8-11,13H2,(H,22,28). The summed E-state index contributed by atoms with van der Waals surface area (Å²) in [6.07, 6.45) is 10.2. The molecule has 0 aromatic carbocycles. The number of urea groups is 1. The molecule has 8 nitrogen and oxygen atoms in total. The van der Waals surface area contributed by atoms with E-state index in [1.54, 1.807) is 12.5 Å². The van der Waals surface area contributed by atoms with Gasteiger partial charge in [0.25, 0.3) is 0 Å². The van der Waals surface area contributed by atoms with Crippen molar-refractivity contribution in [3.63, 3.8) is 0 Å². The first-order valence-corrected chi connectivity index (χ1v) is 9.89. The SMILES string of the molecule is O=C(NCCCn1ccnc1)N1CCN(Cc2cn3cc(Cl)ccc3n2)CC1. The second kappa shape index (κ2) is 8.62. The summed E-state index contributed by atoms with van der Waals surface area (Å²) in [5.74, 6) is 0. The van der Waals surface area contributed by atoms with Crippen LogP contribution in [0.5, 0.6) is 0 Å². The Morgan fingerprint density at radius 3 is 2.82 bits per heavy atom. The molecule has 4 heterocycles. The van der Waals surface area contributed by atoms with Gasteiger partial charge in [-0.3, -0.25) is 4.90 Å². The van der Waals surface area contributed by atoms with Gasteiger partial charge in [0, 0.05) is 70.6 Å². The summed E-state index contributed by atoms with van der Waals surface area (Å²) >= 11 is 6.03. The topological polar surface area (TPSA) is 70.7 Å². The van der Waals surface area contributed by atoms with Crippen LogP contribution in [0.4, 0.5) is 4.79 Å². The molecule has 1 aliphatic rings. The Bertz CT molecular complexity index is 916. The quantitative estimate of drug-likeness (QED) is 0.642. The number of hydrogen-bond donors (Lipinski definition) is 1. The zero-order chi connectivity index (χ0) is 19.3. The first-order chi connectivity index (χ1) is 13.7. The number of aryl methyl sites for hydroxylation is 1. The van der Waals surface area contributed by atoms with Crippen molar-refractivity contribution in [2.24, 2.45) is 0 Å². The zero-order valence-corrected chi connectivity index (χ0v) is 16.4. The molecule has 1 N–H and O–H groups in total. The van der Waals surface area contributed by atoms with Gasteiger partial charge in [0.05, 0.1) is 17.0 Å². The maximum atomic E-state index is 12.3. The van der Waals surface area contributed by atoms with Gasteiger partial charge >= 0.3 is 6.03 Å². The van der Waals surface area contributed by atoms with Crippen LogP contribution in [-0.2, 0) is 13.1 Å². The van der Waals surface area contributed by atoms with Crippen molar-refractivity contribution in [2.75, 3.05) is 32.7 Å². The van der Waals surface area contributed by atoms with Crippen molar-refractivity contribution >= 4 is 23.3 Å². The third-order valence-corrected chi connectivity index (χ3v) is 5.16. The minimum Gasteiger partial charge on any atom is -0.338 e. The summed E-state index contributed by atoms with van der Waals surface area (Å²) in [5, 5.41) is 3.70. The number of piperazine rings is 1. The third-order valence-electron chi connectivity index (χ3n) is 4.94. The maximum Gasteiger partial charge on any atom is 0.317 e. The number of carbonyl (C=O) groups is 1. The highest BCUT2D eigenvalue weighted by Gasteiger charge is 2.21. The lowest BCUT2D eigenvalue weighted by Crippen LogP contribution is -2.51. The van der Waals surface area contributed by atoms with Gasteiger partial charge in [-0.1, -0.05) is 11.6 Å². The van der Waals surface area contributed by atoms with Crippen molar-refractivity contribution in [1.29, 1.82) is 0 Å². The molecule has 3 aromatic heterocycles. The summed E-state index contributed by atoms with van der Waals surface area (Å²) in [7, 11) is 0. The number of aromatic nitrogens is 4. The molecule has 1 saturated heterocycles. The molecule has 9 heteroatoms. The monoisotopic (exact) mass is 401 g/mol. The van der Waals surface area contributed by atoms with Crippen molar-refractivity contribution < 1.29 is 4.79 Å². The molecule has 28 heavy (non-hydrogen) atoms. The van der Waals surface area contributed by atoms with Crippen LogP contribution in [0.3, 0.4) is 0 Å². The minimum absolute atomic E-state index is 0.0210. The Kier molecular flexibility index (Phi) is 5.78. The van der Waals surface area contributed by atoms with E-state index in [4.69, 9.17) is 11.6 Å². The molecule has 0 bridgehead atoms. The van der Waals surface area contributed by atoms with E-state index in [2.05, 4.69) is 20.2 Å². The summed E-state index contributed by atoms with van der Waals surface area (Å²) in [5.41, 5.74) is 1.91. The Labute approximate surface area is 168 Å². The molecule has 0 unspecified atom stereocenters. The van der Waals surface area contributed by atoms with E-state index >= 15 is 0 Å². The number of rotatable bonds is 6. The van der Waals surface area contributed by atoms with E-state index in [1.807, 2.05) is 44.6 Å². The molecule has 3 aromatic rings. The fourth-order valence-corrected chi connectivity index (χ4v) is 3.59. The van der Waals surface area contributed by atoms with Crippen molar-refractivity contribution in [3.05, 3.63) is 54.0 Å². The van der Waals surface area contributed by atoms with Gasteiger partial charge in [-0.25, -0.2) is 14.8 Å². The number of hydrogen-bond acceptors (Lipinski definition) is 4. The second-order valence-corrected chi connectivity index (χ2v) is 7.43. The van der Waals surface area contributed by atoms with Crippen LogP contribution in [0.2, 0.25) is 5.02 Å². The molecule has 4 rings (SSSR count). The zero-order valence-electron chi connectivity index (χ0n) is 15.7. The van der Waals surface area contributed by atoms with Gasteiger partial charge in [-0.2, -0.15) is 0 Å². The first-order valence-electron chi connectivity index (χ1n) is 9.51. The van der Waals surface area contributed by atoms with Crippen LogP contribution in [-0.4, -0.2) is 67.5 Å². The Morgan fingerprint density at radius 2 is 2.04 bits per heavy atom. The summed E-state index contributed by atoms with van der Waals surface area (Å²) in [6, 6.07) is 3.79. The van der Waals surface area contributed by atoms with Crippen LogP contribution < -0.4 is 5.32 Å². The highest BCUT2D eigenvalue weighted by molar-refractivity contribution is 6.30. The maximum absolute atomic E-state index is 12.3. The molecule has 0 atom stereocenters. The van der Waals surface area contributed by atoms with E-state index in [0.717, 1.165) is 57.0 Å². The molecule has 1 fully saturated rings. The Hall–Kier alpha value is -2.58. The highest BCUT2D eigenvalue weighted by Crippen LogP contribution is 2.14. The molecule has 2 amide bonds. The van der Waals surface area contributed by atoms with Crippen molar-refractivity contribution in [2.45, 2.75) is 19.5 Å². The lowest BCUT2D eigenvalue weighted by molar-refractivity contribution is 0.134. The van der Waals surface area contributed by atoms with Crippen LogP contribution in [0.1, 0.15) is 12.1 Å². The van der Waals surface area contributed by atoms with Gasteiger partial charge in [-0.15, -0.1) is 0 Å². The van der Waals surface area contributed by atoms with Crippen molar-refractivity contribution in [1.82, 2.24) is 34.1 Å². The summed E-state index contributed by atoms with van der Waals surface area (Å²) < 4.78 is 3.96. The average Bonchev–Trinajstić information content (AvgIpc) is 3.34. The predicted octanol–water partition coefficient (Wildman–Crippen LogP) is 2.10. The lowest BCUT2D eigenvalue weighted by Gasteiger charge is -2.34. The van der Waals surface area contributed by atoms with Gasteiger partial charge in [0.2, 0.25) is 0 Å². The number of nitrogens with zero attached hydrogens (tertiary/aromatic N) is 6. The number of imidazole rings is 2. The lowest BCUT2D eigenvalue weighted by atomic mass is 10.3. The van der Waals surface area contributed by atoms with E-state index < -0.39 is 0 Å². The summed E-state index contributed by atoms with van der Waals surface area (Å²) in [4.78, 5) is 25.2. The molecule has 0 saturated carbocycles.